The van der Waals surface area contributed by atoms with Gasteiger partial charge in [-0.2, -0.15) is 0 Å². The average Bonchev–Trinajstić information content (AvgIpc) is 3.12. The van der Waals surface area contributed by atoms with Crippen molar-refractivity contribution in [3.8, 4) is 11.5 Å². The number of aromatic nitrogens is 1. The first-order valence-electron chi connectivity index (χ1n) is 10.4. The van der Waals surface area contributed by atoms with Crippen molar-refractivity contribution in [3.05, 3.63) is 71.1 Å². The molecule has 0 saturated heterocycles. The van der Waals surface area contributed by atoms with Gasteiger partial charge < -0.3 is 19.8 Å². The van der Waals surface area contributed by atoms with Crippen LogP contribution in [0.3, 0.4) is 0 Å². The molecule has 0 saturated carbocycles. The molecule has 2 aromatic carbocycles. The van der Waals surface area contributed by atoms with Crippen LogP contribution < -0.4 is 10.6 Å². The second kappa shape index (κ2) is 9.78. The van der Waals surface area contributed by atoms with Crippen molar-refractivity contribution in [2.24, 2.45) is 0 Å². The Bertz CT molecular complexity index is 1100. The Labute approximate surface area is 188 Å². The summed E-state index contributed by atoms with van der Waals surface area (Å²) in [5, 5.41) is 5.65. The Hall–Kier alpha value is -3.45. The largest absolute Gasteiger partial charge is 0.441 e. The zero-order chi connectivity index (χ0) is 23.3. The van der Waals surface area contributed by atoms with Crippen molar-refractivity contribution >= 4 is 17.5 Å². The van der Waals surface area contributed by atoms with E-state index in [9.17, 15) is 9.59 Å². The molecule has 3 rings (SSSR count). The van der Waals surface area contributed by atoms with E-state index < -0.39 is 0 Å². The van der Waals surface area contributed by atoms with Crippen LogP contribution in [-0.2, 0) is 21.5 Å². The van der Waals surface area contributed by atoms with Gasteiger partial charge in [-0.05, 0) is 48.2 Å². The highest BCUT2D eigenvalue weighted by Crippen LogP contribution is 2.25. The lowest BCUT2D eigenvalue weighted by atomic mass is 9.87. The van der Waals surface area contributed by atoms with Crippen molar-refractivity contribution in [1.82, 2.24) is 10.3 Å². The lowest BCUT2D eigenvalue weighted by molar-refractivity contribution is -0.119. The third-order valence-electron chi connectivity index (χ3n) is 4.99. The molecule has 1 aromatic heterocycles. The van der Waals surface area contributed by atoms with Crippen LogP contribution in [0.5, 0.6) is 0 Å². The highest BCUT2D eigenvalue weighted by molar-refractivity contribution is 5.94. The molecule has 0 aliphatic rings. The standard InChI is InChI=1S/C25H29N3O4/c1-16-21(14-26-23(30)17-9-11-19(12-10-17)25(2,3)4)28-24(32-16)18-7-6-8-20(13-18)27-22(29)15-31-5/h6-13H,14-15H2,1-5H3,(H,26,30)(H,27,29). The van der Waals surface area contributed by atoms with Gasteiger partial charge in [-0.15, -0.1) is 0 Å². The van der Waals surface area contributed by atoms with E-state index >= 15 is 0 Å². The molecule has 0 bridgehead atoms. The zero-order valence-electron chi connectivity index (χ0n) is 19.1. The molecule has 0 spiro atoms. The van der Waals surface area contributed by atoms with Crippen LogP contribution in [0.1, 0.15) is 48.1 Å². The van der Waals surface area contributed by atoms with Crippen LogP contribution in [0.15, 0.2) is 52.9 Å². The summed E-state index contributed by atoms with van der Waals surface area (Å²) >= 11 is 0. The van der Waals surface area contributed by atoms with Crippen molar-refractivity contribution < 1.29 is 18.7 Å². The number of amides is 2. The summed E-state index contributed by atoms with van der Waals surface area (Å²) in [6.07, 6.45) is 0. The maximum atomic E-state index is 12.5. The molecule has 0 fully saturated rings. The second-order valence-corrected chi connectivity index (χ2v) is 8.59. The number of anilines is 1. The Kier molecular flexibility index (Phi) is 7.10. The summed E-state index contributed by atoms with van der Waals surface area (Å²) in [4.78, 5) is 28.8. The number of aryl methyl sites for hydroxylation is 1. The van der Waals surface area contributed by atoms with Gasteiger partial charge in [0.05, 0.1) is 6.54 Å². The van der Waals surface area contributed by atoms with Gasteiger partial charge in [-0.3, -0.25) is 9.59 Å². The Balaban J connectivity index is 1.67. The fourth-order valence-electron chi connectivity index (χ4n) is 3.16. The molecule has 7 nitrogen and oxygen atoms in total. The SMILES string of the molecule is COCC(=O)Nc1cccc(-c2nc(CNC(=O)c3ccc(C(C)(C)C)cc3)c(C)o2)c1. The van der Waals surface area contributed by atoms with Gasteiger partial charge in [-0.25, -0.2) is 4.98 Å². The molecule has 168 valence electrons. The van der Waals surface area contributed by atoms with Gasteiger partial charge >= 0.3 is 0 Å². The summed E-state index contributed by atoms with van der Waals surface area (Å²) in [5.41, 5.74) is 3.79. The van der Waals surface area contributed by atoms with E-state index in [1.165, 1.54) is 12.7 Å². The average molecular weight is 436 g/mol. The maximum Gasteiger partial charge on any atom is 0.251 e. The smallest absolute Gasteiger partial charge is 0.251 e. The number of rotatable bonds is 7. The van der Waals surface area contributed by atoms with Gasteiger partial charge in [0, 0.05) is 23.9 Å². The first-order valence-corrected chi connectivity index (χ1v) is 10.4. The number of benzene rings is 2. The number of hydrogen-bond acceptors (Lipinski definition) is 5. The molecule has 32 heavy (non-hydrogen) atoms. The quantitative estimate of drug-likeness (QED) is 0.571. The minimum atomic E-state index is -0.243. The molecule has 0 unspecified atom stereocenters. The van der Waals surface area contributed by atoms with Gasteiger partial charge in [0.2, 0.25) is 11.8 Å². The van der Waals surface area contributed by atoms with E-state index in [1.807, 2.05) is 30.3 Å². The van der Waals surface area contributed by atoms with Crippen molar-refractivity contribution in [2.45, 2.75) is 39.7 Å². The molecular weight excluding hydrogens is 406 g/mol. The number of carbonyl (C=O) groups excluding carboxylic acids is 2. The topological polar surface area (TPSA) is 93.5 Å². The predicted octanol–water partition coefficient (Wildman–Crippen LogP) is 4.46. The number of nitrogens with zero attached hydrogens (tertiary/aromatic N) is 1. The first kappa shape index (κ1) is 23.2. The fraction of sp³-hybridized carbons (Fsp3) is 0.320. The van der Waals surface area contributed by atoms with E-state index in [0.717, 1.165) is 5.56 Å². The molecule has 3 aromatic rings. The van der Waals surface area contributed by atoms with Crippen molar-refractivity contribution in [1.29, 1.82) is 0 Å². The monoisotopic (exact) mass is 435 g/mol. The van der Waals surface area contributed by atoms with E-state index in [2.05, 4.69) is 36.4 Å². The van der Waals surface area contributed by atoms with Crippen LogP contribution in [0.25, 0.3) is 11.5 Å². The Morgan fingerprint density at radius 3 is 2.47 bits per heavy atom. The van der Waals surface area contributed by atoms with Crippen molar-refractivity contribution in [2.75, 3.05) is 19.0 Å². The fourth-order valence-corrected chi connectivity index (χ4v) is 3.16. The second-order valence-electron chi connectivity index (χ2n) is 8.59. The summed E-state index contributed by atoms with van der Waals surface area (Å²) in [7, 11) is 1.47. The highest BCUT2D eigenvalue weighted by Gasteiger charge is 2.16. The normalized spacial score (nSPS) is 11.3. The van der Waals surface area contributed by atoms with Gasteiger partial charge in [0.25, 0.3) is 5.91 Å². The third kappa shape index (κ3) is 5.82. The van der Waals surface area contributed by atoms with Crippen LogP contribution in [-0.4, -0.2) is 30.5 Å². The Morgan fingerprint density at radius 2 is 1.81 bits per heavy atom. The van der Waals surface area contributed by atoms with Gasteiger partial charge in [0.15, 0.2) is 0 Å². The number of methoxy groups -OCH3 is 1. The third-order valence-corrected chi connectivity index (χ3v) is 4.99. The van der Waals surface area contributed by atoms with Gasteiger partial charge in [-0.1, -0.05) is 39.0 Å². The summed E-state index contributed by atoms with van der Waals surface area (Å²) in [6.45, 7) is 8.44. The van der Waals surface area contributed by atoms with Gasteiger partial charge in [0.1, 0.15) is 18.1 Å². The lowest BCUT2D eigenvalue weighted by Crippen LogP contribution is -2.23. The van der Waals surface area contributed by atoms with E-state index in [4.69, 9.17) is 9.15 Å². The van der Waals surface area contributed by atoms with Crippen LogP contribution in [0.2, 0.25) is 0 Å². The van der Waals surface area contributed by atoms with Crippen LogP contribution >= 0.6 is 0 Å². The molecular formula is C25H29N3O4. The van der Waals surface area contributed by atoms with Crippen LogP contribution in [0, 0.1) is 6.92 Å². The summed E-state index contributed by atoms with van der Waals surface area (Å²) < 4.78 is 10.6. The molecule has 0 aliphatic heterocycles. The minimum Gasteiger partial charge on any atom is -0.441 e. The molecule has 2 N–H and O–H groups in total. The van der Waals surface area contributed by atoms with E-state index in [-0.39, 0.29) is 30.4 Å². The molecule has 7 heteroatoms. The minimum absolute atomic E-state index is 0.0227. The first-order chi connectivity index (χ1) is 15.2. The number of hydrogen-bond donors (Lipinski definition) is 2. The number of oxazole rings is 1. The Morgan fingerprint density at radius 1 is 1.09 bits per heavy atom. The van der Waals surface area contributed by atoms with Crippen molar-refractivity contribution in [3.63, 3.8) is 0 Å². The zero-order valence-corrected chi connectivity index (χ0v) is 19.1. The molecule has 0 aliphatic carbocycles. The summed E-state index contributed by atoms with van der Waals surface area (Å²) in [6, 6.07) is 14.8. The summed E-state index contributed by atoms with van der Waals surface area (Å²) in [5.74, 6) is 0.630. The van der Waals surface area contributed by atoms with E-state index in [0.29, 0.717) is 28.6 Å². The maximum absolute atomic E-state index is 12.5. The molecule has 0 atom stereocenters. The highest BCUT2D eigenvalue weighted by atomic mass is 16.5. The number of carbonyl (C=O) groups is 2. The van der Waals surface area contributed by atoms with E-state index in [1.54, 1.807) is 25.1 Å². The number of ether oxygens (including phenoxy) is 1. The predicted molar refractivity (Wildman–Crippen MR) is 123 cm³/mol. The number of nitrogens with one attached hydrogen (secondary N) is 2. The lowest BCUT2D eigenvalue weighted by Gasteiger charge is -2.19. The molecule has 0 radical (unpaired) electrons. The molecule has 2 amide bonds. The van der Waals surface area contributed by atoms with Crippen LogP contribution in [0.4, 0.5) is 5.69 Å². The molecule has 1 heterocycles.